The van der Waals surface area contributed by atoms with E-state index in [2.05, 4.69) is 48.5 Å². The van der Waals surface area contributed by atoms with Crippen LogP contribution >= 0.6 is 0 Å². The van der Waals surface area contributed by atoms with Gasteiger partial charge in [-0.3, -0.25) is 0 Å². The van der Waals surface area contributed by atoms with E-state index in [1.165, 1.54) is 0 Å². The first kappa shape index (κ1) is 25.5. The summed E-state index contributed by atoms with van der Waals surface area (Å²) in [6.45, 7) is 2.15. The van der Waals surface area contributed by atoms with Crippen LogP contribution in [0, 0.1) is 0 Å². The molecule has 0 radical (unpaired) electrons. The molecule has 4 rings (SSSR count). The first-order chi connectivity index (χ1) is 16.8. The van der Waals surface area contributed by atoms with Gasteiger partial charge in [0.25, 0.3) is 0 Å². The molecule has 6 heteroatoms. The highest BCUT2D eigenvalue weighted by molar-refractivity contribution is 6.80. The standard InChI is InChI=1S/2C14H16BNO/c2*16-11-12-17-15(13-7-3-1-4-8-13)14-9-5-2-6-10-14/h2*1-10H,11-12,16H2. The molecule has 0 aliphatic heterocycles. The molecule has 0 atom stereocenters. The van der Waals surface area contributed by atoms with E-state index in [1.54, 1.807) is 0 Å². The number of hydrogen-bond acceptors (Lipinski definition) is 4. The molecule has 4 aromatic carbocycles. The highest BCUT2D eigenvalue weighted by Gasteiger charge is 2.21. The Morgan fingerprint density at radius 3 is 0.853 bits per heavy atom. The monoisotopic (exact) mass is 450 g/mol. The van der Waals surface area contributed by atoms with E-state index < -0.39 is 0 Å². The number of nitrogens with two attached hydrogens (primary N) is 2. The Balaban J connectivity index is 0.000000191. The van der Waals surface area contributed by atoms with Crippen molar-refractivity contribution in [1.82, 2.24) is 0 Å². The molecule has 0 unspecified atom stereocenters. The molecule has 0 saturated carbocycles. The zero-order chi connectivity index (χ0) is 23.8. The fourth-order valence-corrected chi connectivity index (χ4v) is 3.65. The van der Waals surface area contributed by atoms with Gasteiger partial charge in [-0.2, -0.15) is 0 Å². The molecule has 0 fully saturated rings. The van der Waals surface area contributed by atoms with E-state index in [0.29, 0.717) is 26.3 Å². The molecule has 0 aliphatic carbocycles. The van der Waals surface area contributed by atoms with Gasteiger partial charge in [0.2, 0.25) is 0 Å². The van der Waals surface area contributed by atoms with Crippen molar-refractivity contribution >= 4 is 35.7 Å². The van der Waals surface area contributed by atoms with E-state index in [9.17, 15) is 0 Å². The summed E-state index contributed by atoms with van der Waals surface area (Å²) in [6.07, 6.45) is 0. The smallest absolute Gasteiger partial charge is 0.361 e. The maximum atomic E-state index is 5.84. The van der Waals surface area contributed by atoms with E-state index in [-0.39, 0.29) is 13.8 Å². The van der Waals surface area contributed by atoms with Gasteiger partial charge in [0, 0.05) is 26.3 Å². The zero-order valence-electron chi connectivity index (χ0n) is 19.5. The molecule has 172 valence electrons. The predicted octanol–water partition coefficient (Wildman–Crippen LogP) is 1.54. The first-order valence-corrected chi connectivity index (χ1v) is 11.7. The Hall–Kier alpha value is -3.15. The molecule has 0 aromatic heterocycles. The molecule has 34 heavy (non-hydrogen) atoms. The summed E-state index contributed by atoms with van der Waals surface area (Å²) < 4.78 is 11.7. The van der Waals surface area contributed by atoms with Crippen LogP contribution in [0.25, 0.3) is 0 Å². The Morgan fingerprint density at radius 1 is 0.412 bits per heavy atom. The van der Waals surface area contributed by atoms with Crippen LogP contribution in [-0.2, 0) is 9.31 Å². The van der Waals surface area contributed by atoms with Gasteiger partial charge >= 0.3 is 13.8 Å². The first-order valence-electron chi connectivity index (χ1n) is 11.7. The maximum Gasteiger partial charge on any atom is 0.361 e. The third-order valence-corrected chi connectivity index (χ3v) is 5.21. The fourth-order valence-electron chi connectivity index (χ4n) is 3.65. The largest absolute Gasteiger partial charge is 0.426 e. The summed E-state index contributed by atoms with van der Waals surface area (Å²) in [5.74, 6) is 0. The lowest BCUT2D eigenvalue weighted by Crippen LogP contribution is -2.45. The molecule has 0 bridgehead atoms. The molecular formula is C28H32B2N2O2. The van der Waals surface area contributed by atoms with Gasteiger partial charge in [-0.15, -0.1) is 0 Å². The average molecular weight is 450 g/mol. The molecule has 0 heterocycles. The molecular weight excluding hydrogens is 418 g/mol. The molecule has 0 aliphatic rings. The summed E-state index contributed by atoms with van der Waals surface area (Å²) in [6, 6.07) is 40.9. The van der Waals surface area contributed by atoms with Gasteiger partial charge in [-0.05, 0) is 21.9 Å². The van der Waals surface area contributed by atoms with Crippen LogP contribution in [-0.4, -0.2) is 40.1 Å². The van der Waals surface area contributed by atoms with Crippen molar-refractivity contribution in [3.05, 3.63) is 121 Å². The average Bonchev–Trinajstić information content (AvgIpc) is 2.92. The minimum atomic E-state index is -0.0269. The van der Waals surface area contributed by atoms with Gasteiger partial charge in [0.05, 0.1) is 0 Å². The Kier molecular flexibility index (Phi) is 11.2. The molecule has 0 saturated heterocycles. The van der Waals surface area contributed by atoms with Crippen LogP contribution in [0.5, 0.6) is 0 Å². The van der Waals surface area contributed by atoms with Crippen molar-refractivity contribution in [1.29, 1.82) is 0 Å². The van der Waals surface area contributed by atoms with Crippen LogP contribution in [0.3, 0.4) is 0 Å². The van der Waals surface area contributed by atoms with E-state index in [1.807, 2.05) is 72.8 Å². The maximum absolute atomic E-state index is 5.84. The second-order valence-electron chi connectivity index (χ2n) is 7.72. The van der Waals surface area contributed by atoms with E-state index >= 15 is 0 Å². The predicted molar refractivity (Wildman–Crippen MR) is 146 cm³/mol. The summed E-state index contributed by atoms with van der Waals surface area (Å²) in [5, 5.41) is 0. The zero-order valence-corrected chi connectivity index (χ0v) is 19.5. The van der Waals surface area contributed by atoms with Gasteiger partial charge in [-0.1, -0.05) is 121 Å². The number of rotatable bonds is 10. The van der Waals surface area contributed by atoms with Crippen molar-refractivity contribution in [2.45, 2.75) is 0 Å². The Bertz CT molecular complexity index is 873. The highest BCUT2D eigenvalue weighted by Crippen LogP contribution is 1.95. The van der Waals surface area contributed by atoms with Crippen LogP contribution in [0.4, 0.5) is 0 Å². The third-order valence-electron chi connectivity index (χ3n) is 5.21. The lowest BCUT2D eigenvalue weighted by atomic mass is 9.55. The fraction of sp³-hybridized carbons (Fsp3) is 0.143. The topological polar surface area (TPSA) is 70.5 Å². The van der Waals surface area contributed by atoms with Gasteiger partial charge in [0.1, 0.15) is 0 Å². The second kappa shape index (κ2) is 14.9. The van der Waals surface area contributed by atoms with Crippen molar-refractivity contribution in [2.75, 3.05) is 26.3 Å². The van der Waals surface area contributed by atoms with Gasteiger partial charge < -0.3 is 20.8 Å². The van der Waals surface area contributed by atoms with Gasteiger partial charge in [-0.25, -0.2) is 0 Å². The summed E-state index contributed by atoms with van der Waals surface area (Å²) in [7, 11) is 0. The molecule has 4 nitrogen and oxygen atoms in total. The molecule has 0 amide bonds. The van der Waals surface area contributed by atoms with Gasteiger partial charge in [0.15, 0.2) is 0 Å². The van der Waals surface area contributed by atoms with Crippen molar-refractivity contribution in [2.24, 2.45) is 11.5 Å². The van der Waals surface area contributed by atoms with Crippen molar-refractivity contribution in [3.63, 3.8) is 0 Å². The number of hydrogen-bond donors (Lipinski definition) is 2. The molecule has 0 spiro atoms. The van der Waals surface area contributed by atoms with Crippen molar-refractivity contribution < 1.29 is 9.31 Å². The minimum Gasteiger partial charge on any atom is -0.426 e. The Morgan fingerprint density at radius 2 is 0.647 bits per heavy atom. The quantitative estimate of drug-likeness (QED) is 0.360. The van der Waals surface area contributed by atoms with Crippen molar-refractivity contribution in [3.8, 4) is 0 Å². The lowest BCUT2D eigenvalue weighted by Gasteiger charge is -2.14. The Labute approximate surface area is 204 Å². The van der Waals surface area contributed by atoms with E-state index in [0.717, 1.165) is 21.9 Å². The normalized spacial score (nSPS) is 10.2. The number of benzene rings is 4. The van der Waals surface area contributed by atoms with E-state index in [4.69, 9.17) is 20.8 Å². The summed E-state index contributed by atoms with van der Waals surface area (Å²) >= 11 is 0. The third kappa shape index (κ3) is 8.01. The van der Waals surface area contributed by atoms with Crippen LogP contribution in [0.1, 0.15) is 0 Å². The SMILES string of the molecule is NCCOB(c1ccccc1)c1ccccc1.NCCOB(c1ccccc1)c1ccccc1. The molecule has 4 aromatic rings. The summed E-state index contributed by atoms with van der Waals surface area (Å²) in [4.78, 5) is 0. The lowest BCUT2D eigenvalue weighted by molar-refractivity contribution is 0.344. The van der Waals surface area contributed by atoms with Crippen LogP contribution in [0.15, 0.2) is 121 Å². The molecule has 4 N–H and O–H groups in total. The minimum absolute atomic E-state index is 0.0269. The second-order valence-corrected chi connectivity index (χ2v) is 7.72. The summed E-state index contributed by atoms with van der Waals surface area (Å²) in [5.41, 5.74) is 15.7. The van der Waals surface area contributed by atoms with Crippen LogP contribution < -0.4 is 33.3 Å². The highest BCUT2D eigenvalue weighted by atomic mass is 16.4. The van der Waals surface area contributed by atoms with Crippen LogP contribution in [0.2, 0.25) is 0 Å².